The predicted octanol–water partition coefficient (Wildman–Crippen LogP) is 3.89. The van der Waals surface area contributed by atoms with Gasteiger partial charge >= 0.3 is 11.9 Å². The first kappa shape index (κ1) is 16.8. The van der Waals surface area contributed by atoms with E-state index in [0.29, 0.717) is 23.7 Å². The Bertz CT molecular complexity index is 634. The number of hydrogen-bond acceptors (Lipinski definition) is 4. The van der Waals surface area contributed by atoms with Crippen molar-refractivity contribution in [1.82, 2.24) is 0 Å². The molecular weight excluding hydrogens is 328 g/mol. The molecule has 4 fully saturated rings. The molecule has 0 amide bonds. The second-order valence-corrected chi connectivity index (χ2v) is 9.65. The molecule has 0 saturated heterocycles. The summed E-state index contributed by atoms with van der Waals surface area (Å²) in [6.45, 7) is 1.86. The lowest BCUT2D eigenvalue weighted by Crippen LogP contribution is -2.43. The molecule has 26 heavy (non-hydrogen) atoms. The van der Waals surface area contributed by atoms with Crippen LogP contribution in [0.2, 0.25) is 0 Å². The van der Waals surface area contributed by atoms with Gasteiger partial charge in [-0.05, 0) is 87.4 Å². The van der Waals surface area contributed by atoms with Crippen LogP contribution >= 0.6 is 0 Å². The van der Waals surface area contributed by atoms with Gasteiger partial charge in [0.15, 0.2) is 6.61 Å². The maximum atomic E-state index is 12.9. The van der Waals surface area contributed by atoms with E-state index in [1.165, 1.54) is 19.3 Å². The van der Waals surface area contributed by atoms with Crippen molar-refractivity contribution in [3.63, 3.8) is 0 Å². The summed E-state index contributed by atoms with van der Waals surface area (Å²) in [7, 11) is 0. The van der Waals surface area contributed by atoms with E-state index in [1.807, 2.05) is 0 Å². The Morgan fingerprint density at radius 1 is 1.04 bits per heavy atom. The van der Waals surface area contributed by atoms with Crippen LogP contribution in [0.4, 0.5) is 0 Å². The van der Waals surface area contributed by atoms with Crippen LogP contribution in [-0.4, -0.2) is 24.6 Å². The molecule has 0 aromatic carbocycles. The summed E-state index contributed by atoms with van der Waals surface area (Å²) in [5.74, 6) is 3.43. The zero-order valence-electron chi connectivity index (χ0n) is 15.7. The van der Waals surface area contributed by atoms with Crippen LogP contribution in [-0.2, 0) is 19.1 Å². The first-order chi connectivity index (χ1) is 12.6. The van der Waals surface area contributed by atoms with Gasteiger partial charge in [0.1, 0.15) is 6.10 Å². The van der Waals surface area contributed by atoms with Crippen molar-refractivity contribution >= 4 is 11.9 Å². The fraction of sp³-hybridized carbons (Fsp3) is 0.818. The first-order valence-corrected chi connectivity index (χ1v) is 10.6. The highest BCUT2D eigenvalue weighted by atomic mass is 16.6. The highest BCUT2D eigenvalue weighted by Crippen LogP contribution is 2.70. The van der Waals surface area contributed by atoms with Gasteiger partial charge in [0, 0.05) is 0 Å². The Morgan fingerprint density at radius 3 is 2.54 bits per heavy atom. The summed E-state index contributed by atoms with van der Waals surface area (Å²) in [5.41, 5.74) is -0.407. The van der Waals surface area contributed by atoms with E-state index < -0.39 is 5.41 Å². The van der Waals surface area contributed by atoms with Crippen LogP contribution in [0.3, 0.4) is 0 Å². The third-order valence-corrected chi connectivity index (χ3v) is 8.29. The molecular formula is C22H30O4. The Hall–Kier alpha value is -1.32. The van der Waals surface area contributed by atoms with Crippen molar-refractivity contribution in [3.05, 3.63) is 12.2 Å². The van der Waals surface area contributed by atoms with Crippen LogP contribution in [0.15, 0.2) is 12.2 Å². The Kier molecular flexibility index (Phi) is 3.95. The lowest BCUT2D eigenvalue weighted by molar-refractivity contribution is -0.171. The molecule has 7 atom stereocenters. The van der Waals surface area contributed by atoms with Crippen LogP contribution < -0.4 is 0 Å². The summed E-state index contributed by atoms with van der Waals surface area (Å²) < 4.78 is 11.0. The van der Waals surface area contributed by atoms with Gasteiger partial charge in [-0.25, -0.2) is 4.79 Å². The molecule has 0 aromatic heterocycles. The SMILES string of the molecule is CC1(C(=O)OCC(=O)OC2CCCCC2)CC2CC1C1C3C=CC(C3)C21. The Morgan fingerprint density at radius 2 is 1.77 bits per heavy atom. The molecule has 5 aliphatic carbocycles. The van der Waals surface area contributed by atoms with Crippen molar-refractivity contribution in [2.45, 2.75) is 64.4 Å². The molecule has 4 saturated carbocycles. The number of fused-ring (bicyclic) bond motifs is 9. The van der Waals surface area contributed by atoms with Gasteiger partial charge in [-0.1, -0.05) is 18.6 Å². The maximum Gasteiger partial charge on any atom is 0.344 e. The molecule has 5 aliphatic rings. The molecule has 0 aromatic rings. The Labute approximate surface area is 155 Å². The zero-order chi connectivity index (χ0) is 17.9. The third-order valence-electron chi connectivity index (χ3n) is 8.29. The van der Waals surface area contributed by atoms with Gasteiger partial charge in [0.2, 0.25) is 0 Å². The molecule has 0 N–H and O–H groups in total. The summed E-state index contributed by atoms with van der Waals surface area (Å²) in [4.78, 5) is 25.0. The van der Waals surface area contributed by atoms with Crippen molar-refractivity contribution in [1.29, 1.82) is 0 Å². The fourth-order valence-corrected chi connectivity index (χ4v) is 7.30. The second kappa shape index (κ2) is 6.10. The largest absolute Gasteiger partial charge is 0.460 e. The third kappa shape index (κ3) is 2.47. The predicted molar refractivity (Wildman–Crippen MR) is 96.0 cm³/mol. The fourth-order valence-electron chi connectivity index (χ4n) is 7.30. The lowest BCUT2D eigenvalue weighted by Gasteiger charge is -2.41. The minimum Gasteiger partial charge on any atom is -0.460 e. The normalized spacial score (nSPS) is 45.7. The second-order valence-electron chi connectivity index (χ2n) is 9.65. The number of esters is 2. The quantitative estimate of drug-likeness (QED) is 0.435. The van der Waals surface area contributed by atoms with Crippen LogP contribution in [0.25, 0.3) is 0 Å². The van der Waals surface area contributed by atoms with Gasteiger partial charge < -0.3 is 9.47 Å². The van der Waals surface area contributed by atoms with Gasteiger partial charge in [0.25, 0.3) is 0 Å². The van der Waals surface area contributed by atoms with Gasteiger partial charge in [0.05, 0.1) is 5.41 Å². The number of carbonyl (C=O) groups is 2. The van der Waals surface area contributed by atoms with E-state index in [1.54, 1.807) is 0 Å². The summed E-state index contributed by atoms with van der Waals surface area (Å²) >= 11 is 0. The zero-order valence-corrected chi connectivity index (χ0v) is 15.7. The van der Waals surface area contributed by atoms with Gasteiger partial charge in [-0.15, -0.1) is 0 Å². The van der Waals surface area contributed by atoms with Crippen molar-refractivity contribution in [2.75, 3.05) is 6.61 Å². The number of hydrogen-bond donors (Lipinski definition) is 0. The first-order valence-electron chi connectivity index (χ1n) is 10.6. The molecule has 4 nitrogen and oxygen atoms in total. The summed E-state index contributed by atoms with van der Waals surface area (Å²) in [6.07, 6.45) is 13.6. The highest BCUT2D eigenvalue weighted by Gasteiger charge is 2.67. The molecule has 0 radical (unpaired) electrons. The molecule has 7 unspecified atom stereocenters. The highest BCUT2D eigenvalue weighted by molar-refractivity contribution is 5.81. The lowest BCUT2D eigenvalue weighted by atomic mass is 9.63. The average molecular weight is 358 g/mol. The average Bonchev–Trinajstić information content (AvgIpc) is 3.39. The van der Waals surface area contributed by atoms with Gasteiger partial charge in [-0.2, -0.15) is 0 Å². The molecule has 5 rings (SSSR count). The standard InChI is InChI=1S/C22H30O4/c1-22(21(24)25-12-18(23)26-16-5-3-2-4-6-16)11-15-10-17(22)20-14-8-7-13(9-14)19(15)20/h7-8,13-17,19-20H,2-6,9-12H2,1H3. The van der Waals surface area contributed by atoms with E-state index in [0.717, 1.165) is 43.9 Å². The van der Waals surface area contributed by atoms with E-state index in [4.69, 9.17) is 9.47 Å². The topological polar surface area (TPSA) is 52.6 Å². The maximum absolute atomic E-state index is 12.9. The van der Waals surface area contributed by atoms with Crippen LogP contribution in [0, 0.1) is 40.9 Å². The van der Waals surface area contributed by atoms with Crippen molar-refractivity contribution < 1.29 is 19.1 Å². The molecule has 4 bridgehead atoms. The van der Waals surface area contributed by atoms with Crippen LogP contribution in [0.1, 0.15) is 58.3 Å². The minimum atomic E-state index is -0.407. The van der Waals surface area contributed by atoms with E-state index >= 15 is 0 Å². The van der Waals surface area contributed by atoms with E-state index in [9.17, 15) is 9.59 Å². The van der Waals surface area contributed by atoms with E-state index in [2.05, 4.69) is 19.1 Å². The molecule has 0 heterocycles. The Balaban J connectivity index is 1.18. The number of rotatable bonds is 4. The monoisotopic (exact) mass is 358 g/mol. The number of allylic oxidation sites excluding steroid dienone is 2. The molecule has 0 aliphatic heterocycles. The smallest absolute Gasteiger partial charge is 0.344 e. The summed E-state index contributed by atoms with van der Waals surface area (Å²) in [6, 6.07) is 0. The minimum absolute atomic E-state index is 0.0228. The number of ether oxygens (including phenoxy) is 2. The molecule has 142 valence electrons. The van der Waals surface area contributed by atoms with Crippen molar-refractivity contribution in [2.24, 2.45) is 40.9 Å². The van der Waals surface area contributed by atoms with Gasteiger partial charge in [-0.3, -0.25) is 4.79 Å². The van der Waals surface area contributed by atoms with Crippen molar-refractivity contribution in [3.8, 4) is 0 Å². The molecule has 0 spiro atoms. The number of carbonyl (C=O) groups excluding carboxylic acids is 2. The van der Waals surface area contributed by atoms with E-state index in [-0.39, 0.29) is 24.6 Å². The molecule has 4 heteroatoms. The van der Waals surface area contributed by atoms with Crippen LogP contribution in [0.5, 0.6) is 0 Å². The summed E-state index contributed by atoms with van der Waals surface area (Å²) in [5, 5.41) is 0.